The molecule has 1 aromatic carbocycles. The highest BCUT2D eigenvalue weighted by molar-refractivity contribution is 7.11. The van der Waals surface area contributed by atoms with Crippen LogP contribution in [0.3, 0.4) is 0 Å². The van der Waals surface area contributed by atoms with Crippen LogP contribution in [0.5, 0.6) is 0 Å². The molecule has 0 aliphatic carbocycles. The summed E-state index contributed by atoms with van der Waals surface area (Å²) in [4.78, 5) is 25.7. The van der Waals surface area contributed by atoms with Crippen molar-refractivity contribution in [2.75, 3.05) is 0 Å². The molecule has 2 heterocycles. The van der Waals surface area contributed by atoms with Crippen LogP contribution < -0.4 is 10.2 Å². The van der Waals surface area contributed by atoms with Gasteiger partial charge in [-0.3, -0.25) is 9.59 Å². The normalized spacial score (nSPS) is 10.7. The number of carbonyl (C=O) groups is 1. The molecule has 0 fully saturated rings. The Hall–Kier alpha value is -2.18. The Morgan fingerprint density at radius 3 is 2.78 bits per heavy atom. The number of carbonyl (C=O) groups excluding carboxylic acids is 1. The number of aromatic nitrogens is 1. The average Bonchev–Trinajstić information content (AvgIpc) is 3.18. The second kappa shape index (κ2) is 6.93. The molecule has 0 spiro atoms. The zero-order chi connectivity index (χ0) is 16.2. The number of nitrogens with zero attached hydrogens (tertiary/aromatic N) is 1. The lowest BCUT2D eigenvalue weighted by molar-refractivity contribution is 0.0955. The molecule has 0 aliphatic heterocycles. The molecular formula is C17H16N2O2S2. The molecule has 1 N–H and O–H groups in total. The van der Waals surface area contributed by atoms with Crippen molar-refractivity contribution >= 4 is 28.6 Å². The Kier molecular flexibility index (Phi) is 4.73. The summed E-state index contributed by atoms with van der Waals surface area (Å²) in [5.74, 6) is -0.205. The minimum Gasteiger partial charge on any atom is -0.346 e. The lowest BCUT2D eigenvalue weighted by Gasteiger charge is -2.05. The molecule has 3 aromatic rings. The topological polar surface area (TPSA) is 51.1 Å². The summed E-state index contributed by atoms with van der Waals surface area (Å²) in [6, 6.07) is 11.9. The molecule has 0 radical (unpaired) electrons. The standard InChI is InChI=1S/C17H16N2O2S2/c1-12-5-2-3-6-13(12)10-19-11-15(23-17(19)21)16(20)18-9-14-7-4-8-22-14/h2-8,11H,9-10H2,1H3,(H,18,20). The molecule has 2 aromatic heterocycles. The second-order valence-electron chi connectivity index (χ2n) is 5.18. The first-order valence-electron chi connectivity index (χ1n) is 7.19. The first-order valence-corrected chi connectivity index (χ1v) is 8.88. The van der Waals surface area contributed by atoms with Gasteiger partial charge in [0.2, 0.25) is 0 Å². The van der Waals surface area contributed by atoms with Crippen molar-refractivity contribution < 1.29 is 4.79 Å². The minimum absolute atomic E-state index is 0.116. The van der Waals surface area contributed by atoms with Gasteiger partial charge in [0.15, 0.2) is 0 Å². The maximum Gasteiger partial charge on any atom is 0.308 e. The van der Waals surface area contributed by atoms with Gasteiger partial charge in [-0.2, -0.15) is 0 Å². The van der Waals surface area contributed by atoms with Crippen LogP contribution in [0.2, 0.25) is 0 Å². The summed E-state index contributed by atoms with van der Waals surface area (Å²) in [5.41, 5.74) is 2.22. The molecule has 0 saturated carbocycles. The zero-order valence-electron chi connectivity index (χ0n) is 12.6. The van der Waals surface area contributed by atoms with Crippen molar-refractivity contribution in [3.8, 4) is 0 Å². The van der Waals surface area contributed by atoms with E-state index < -0.39 is 0 Å². The van der Waals surface area contributed by atoms with Gasteiger partial charge in [-0.1, -0.05) is 41.7 Å². The van der Waals surface area contributed by atoms with Gasteiger partial charge in [-0.05, 0) is 29.5 Å². The van der Waals surface area contributed by atoms with Gasteiger partial charge in [0.1, 0.15) is 4.88 Å². The Morgan fingerprint density at radius 2 is 2.04 bits per heavy atom. The Morgan fingerprint density at radius 1 is 1.22 bits per heavy atom. The number of thiazole rings is 1. The summed E-state index contributed by atoms with van der Waals surface area (Å²) in [7, 11) is 0. The fourth-order valence-electron chi connectivity index (χ4n) is 2.23. The monoisotopic (exact) mass is 344 g/mol. The van der Waals surface area contributed by atoms with E-state index in [2.05, 4.69) is 5.32 Å². The molecule has 0 atom stereocenters. The van der Waals surface area contributed by atoms with Crippen molar-refractivity contribution in [3.05, 3.63) is 78.5 Å². The minimum atomic E-state index is -0.205. The van der Waals surface area contributed by atoms with E-state index in [0.29, 0.717) is 18.0 Å². The van der Waals surface area contributed by atoms with Crippen LogP contribution in [-0.2, 0) is 13.1 Å². The Bertz CT molecular complexity index is 863. The van der Waals surface area contributed by atoms with E-state index in [1.807, 2.05) is 48.7 Å². The van der Waals surface area contributed by atoms with Gasteiger partial charge in [0.25, 0.3) is 5.91 Å². The fraction of sp³-hybridized carbons (Fsp3) is 0.176. The number of hydrogen-bond acceptors (Lipinski definition) is 4. The first-order chi connectivity index (χ1) is 11.1. The van der Waals surface area contributed by atoms with Crippen LogP contribution in [0.25, 0.3) is 0 Å². The van der Waals surface area contributed by atoms with E-state index in [0.717, 1.165) is 27.3 Å². The van der Waals surface area contributed by atoms with Crippen molar-refractivity contribution in [2.45, 2.75) is 20.0 Å². The van der Waals surface area contributed by atoms with Crippen molar-refractivity contribution in [1.82, 2.24) is 9.88 Å². The highest BCUT2D eigenvalue weighted by atomic mass is 32.1. The highest BCUT2D eigenvalue weighted by Gasteiger charge is 2.12. The van der Waals surface area contributed by atoms with Crippen LogP contribution in [0, 0.1) is 6.92 Å². The summed E-state index contributed by atoms with van der Waals surface area (Å²) in [6.45, 7) is 2.99. The van der Waals surface area contributed by atoms with Gasteiger partial charge in [-0.15, -0.1) is 11.3 Å². The highest BCUT2D eigenvalue weighted by Crippen LogP contribution is 2.12. The maximum atomic E-state index is 12.2. The van der Waals surface area contributed by atoms with E-state index in [9.17, 15) is 9.59 Å². The van der Waals surface area contributed by atoms with Gasteiger partial charge >= 0.3 is 4.87 Å². The molecule has 0 saturated heterocycles. The van der Waals surface area contributed by atoms with E-state index in [1.165, 1.54) is 0 Å². The second-order valence-corrected chi connectivity index (χ2v) is 7.20. The molecule has 4 nitrogen and oxygen atoms in total. The molecule has 3 rings (SSSR count). The van der Waals surface area contributed by atoms with Crippen LogP contribution in [0.15, 0.2) is 52.8 Å². The van der Waals surface area contributed by atoms with Crippen LogP contribution in [-0.4, -0.2) is 10.5 Å². The maximum absolute atomic E-state index is 12.2. The quantitative estimate of drug-likeness (QED) is 0.772. The molecule has 1 amide bonds. The van der Waals surface area contributed by atoms with Gasteiger partial charge < -0.3 is 9.88 Å². The lowest BCUT2D eigenvalue weighted by Crippen LogP contribution is -2.21. The van der Waals surface area contributed by atoms with E-state index in [-0.39, 0.29) is 10.8 Å². The summed E-state index contributed by atoms with van der Waals surface area (Å²) < 4.78 is 1.59. The summed E-state index contributed by atoms with van der Waals surface area (Å²) in [5, 5.41) is 4.82. The van der Waals surface area contributed by atoms with Crippen LogP contribution >= 0.6 is 22.7 Å². The molecule has 118 valence electrons. The zero-order valence-corrected chi connectivity index (χ0v) is 14.2. The van der Waals surface area contributed by atoms with E-state index in [4.69, 9.17) is 0 Å². The third kappa shape index (κ3) is 3.78. The number of aryl methyl sites for hydroxylation is 1. The predicted octanol–water partition coefficient (Wildman–Crippen LogP) is 3.26. The fourth-order valence-corrected chi connectivity index (χ4v) is 3.64. The lowest BCUT2D eigenvalue weighted by atomic mass is 10.1. The first kappa shape index (κ1) is 15.7. The van der Waals surface area contributed by atoms with E-state index >= 15 is 0 Å². The Labute approximate surface area is 142 Å². The van der Waals surface area contributed by atoms with Gasteiger partial charge in [-0.25, -0.2) is 0 Å². The predicted molar refractivity (Wildman–Crippen MR) is 94.3 cm³/mol. The molecule has 6 heteroatoms. The number of nitrogens with one attached hydrogen (secondary N) is 1. The van der Waals surface area contributed by atoms with Gasteiger partial charge in [0, 0.05) is 11.1 Å². The molecule has 0 aliphatic rings. The van der Waals surface area contributed by atoms with Gasteiger partial charge in [0.05, 0.1) is 13.1 Å². The Balaban J connectivity index is 1.71. The molecule has 0 bridgehead atoms. The number of hydrogen-bond donors (Lipinski definition) is 1. The largest absolute Gasteiger partial charge is 0.346 e. The average molecular weight is 344 g/mol. The molecular weight excluding hydrogens is 328 g/mol. The number of thiophene rings is 1. The number of benzene rings is 1. The molecule has 23 heavy (non-hydrogen) atoms. The van der Waals surface area contributed by atoms with Crippen molar-refractivity contribution in [1.29, 1.82) is 0 Å². The summed E-state index contributed by atoms with van der Waals surface area (Å²) >= 11 is 2.58. The number of rotatable bonds is 5. The summed E-state index contributed by atoms with van der Waals surface area (Å²) in [6.07, 6.45) is 1.64. The smallest absolute Gasteiger partial charge is 0.308 e. The third-order valence-electron chi connectivity index (χ3n) is 3.53. The van der Waals surface area contributed by atoms with Crippen molar-refractivity contribution in [2.24, 2.45) is 0 Å². The molecule has 0 unspecified atom stereocenters. The number of amides is 1. The van der Waals surface area contributed by atoms with Crippen LogP contribution in [0.4, 0.5) is 0 Å². The SMILES string of the molecule is Cc1ccccc1Cn1cc(C(=O)NCc2cccs2)sc1=O. The van der Waals surface area contributed by atoms with E-state index in [1.54, 1.807) is 22.1 Å². The third-order valence-corrected chi connectivity index (χ3v) is 5.33. The van der Waals surface area contributed by atoms with Crippen molar-refractivity contribution in [3.63, 3.8) is 0 Å². The van der Waals surface area contributed by atoms with Crippen LogP contribution in [0.1, 0.15) is 25.7 Å².